The lowest BCUT2D eigenvalue weighted by Gasteiger charge is -2.26. The minimum Gasteiger partial charge on any atom is -0.506 e. The number of carbonyl (C=O) groups excluding carboxylic acids is 1. The van der Waals surface area contributed by atoms with Gasteiger partial charge < -0.3 is 19.9 Å². The lowest BCUT2D eigenvalue weighted by Crippen LogP contribution is -2.40. The first-order valence-corrected chi connectivity index (χ1v) is 10.2. The lowest BCUT2D eigenvalue weighted by molar-refractivity contribution is 0.0730. The molecule has 0 unspecified atom stereocenters. The van der Waals surface area contributed by atoms with Crippen LogP contribution < -0.4 is 10.1 Å². The molecule has 8 nitrogen and oxygen atoms in total. The number of rotatable bonds is 5. The van der Waals surface area contributed by atoms with E-state index in [4.69, 9.17) is 21.1 Å². The molecule has 1 amide bonds. The summed E-state index contributed by atoms with van der Waals surface area (Å²) in [5.41, 5.74) is 0.109. The van der Waals surface area contributed by atoms with Crippen molar-refractivity contribution in [3.05, 3.63) is 47.0 Å². The number of sulfonamides is 1. The van der Waals surface area contributed by atoms with Crippen LogP contribution in [0.4, 0.5) is 5.69 Å². The Balaban J connectivity index is 1.94. The standard InChI is InChI=1S/C18H19ClN2O6S/c1-26-17-5-3-13(28(24,25)21-6-8-27-9-7-21)11-14(17)18(23)20-15-10-12(19)2-4-16(15)22/h2-5,10-11,22H,6-9H2,1H3,(H,20,23). The van der Waals surface area contributed by atoms with Gasteiger partial charge in [0.1, 0.15) is 11.5 Å². The number of benzene rings is 2. The largest absolute Gasteiger partial charge is 0.506 e. The van der Waals surface area contributed by atoms with Gasteiger partial charge >= 0.3 is 0 Å². The second kappa shape index (κ2) is 8.36. The SMILES string of the molecule is COc1ccc(S(=O)(=O)N2CCOCC2)cc1C(=O)Nc1cc(Cl)ccc1O. The second-order valence-electron chi connectivity index (χ2n) is 5.99. The zero-order chi connectivity index (χ0) is 20.3. The van der Waals surface area contributed by atoms with Gasteiger partial charge in [0.25, 0.3) is 5.91 Å². The Morgan fingerprint density at radius 3 is 2.61 bits per heavy atom. The van der Waals surface area contributed by atoms with Crippen LogP contribution in [0.5, 0.6) is 11.5 Å². The number of anilines is 1. The van der Waals surface area contributed by atoms with E-state index in [1.54, 1.807) is 0 Å². The molecule has 2 aromatic carbocycles. The van der Waals surface area contributed by atoms with E-state index in [9.17, 15) is 18.3 Å². The predicted molar refractivity (Wildman–Crippen MR) is 104 cm³/mol. The first-order valence-electron chi connectivity index (χ1n) is 8.38. The number of aromatic hydroxyl groups is 1. The van der Waals surface area contributed by atoms with Crippen LogP contribution in [-0.4, -0.2) is 57.1 Å². The molecule has 150 valence electrons. The molecule has 0 aromatic heterocycles. The number of amides is 1. The fraction of sp³-hybridized carbons (Fsp3) is 0.278. The number of halogens is 1. The lowest BCUT2D eigenvalue weighted by atomic mass is 10.1. The molecule has 0 saturated carbocycles. The average molecular weight is 427 g/mol. The average Bonchev–Trinajstić information content (AvgIpc) is 2.70. The van der Waals surface area contributed by atoms with Gasteiger partial charge in [-0.25, -0.2) is 8.42 Å². The van der Waals surface area contributed by atoms with E-state index in [2.05, 4.69) is 5.32 Å². The summed E-state index contributed by atoms with van der Waals surface area (Å²) in [7, 11) is -2.41. The third kappa shape index (κ3) is 4.22. The van der Waals surface area contributed by atoms with Crippen LogP contribution >= 0.6 is 11.6 Å². The van der Waals surface area contributed by atoms with Crippen molar-refractivity contribution in [2.24, 2.45) is 0 Å². The second-order valence-corrected chi connectivity index (χ2v) is 8.37. The van der Waals surface area contributed by atoms with Gasteiger partial charge in [-0.3, -0.25) is 4.79 Å². The Labute approximate surface area is 167 Å². The zero-order valence-corrected chi connectivity index (χ0v) is 16.6. The Morgan fingerprint density at radius 2 is 1.93 bits per heavy atom. The summed E-state index contributed by atoms with van der Waals surface area (Å²) in [5.74, 6) is -0.623. The maximum atomic E-state index is 12.9. The number of hydrogen-bond donors (Lipinski definition) is 2. The highest BCUT2D eigenvalue weighted by Gasteiger charge is 2.28. The van der Waals surface area contributed by atoms with Crippen LogP contribution in [0, 0.1) is 0 Å². The number of ether oxygens (including phenoxy) is 2. The smallest absolute Gasteiger partial charge is 0.259 e. The van der Waals surface area contributed by atoms with E-state index in [1.165, 1.54) is 47.8 Å². The summed E-state index contributed by atoms with van der Waals surface area (Å²) < 4.78 is 37.4. The molecule has 1 heterocycles. The Hall–Kier alpha value is -2.33. The number of phenols is 1. The maximum absolute atomic E-state index is 12.9. The molecule has 0 aliphatic carbocycles. The minimum absolute atomic E-state index is 0.0104. The molecular formula is C18H19ClN2O6S. The van der Waals surface area contributed by atoms with Crippen molar-refractivity contribution in [3.63, 3.8) is 0 Å². The molecule has 2 N–H and O–H groups in total. The van der Waals surface area contributed by atoms with Crippen molar-refractivity contribution in [2.45, 2.75) is 4.90 Å². The van der Waals surface area contributed by atoms with Gasteiger partial charge in [-0.2, -0.15) is 4.31 Å². The van der Waals surface area contributed by atoms with Gasteiger partial charge in [0.2, 0.25) is 10.0 Å². The van der Waals surface area contributed by atoms with E-state index >= 15 is 0 Å². The van der Waals surface area contributed by atoms with Crippen molar-refractivity contribution < 1.29 is 27.8 Å². The number of phenolic OH excluding ortho intramolecular Hbond substituents is 1. The van der Waals surface area contributed by atoms with Crippen LogP contribution in [0.2, 0.25) is 5.02 Å². The van der Waals surface area contributed by atoms with Crippen LogP contribution in [0.25, 0.3) is 0 Å². The van der Waals surface area contributed by atoms with Gasteiger partial charge in [0, 0.05) is 18.1 Å². The highest BCUT2D eigenvalue weighted by atomic mass is 35.5. The van der Waals surface area contributed by atoms with Gasteiger partial charge in [0.15, 0.2) is 0 Å². The normalized spacial score (nSPS) is 15.2. The van der Waals surface area contributed by atoms with Crippen molar-refractivity contribution in [1.82, 2.24) is 4.31 Å². The molecule has 2 aromatic rings. The molecule has 0 radical (unpaired) electrons. The van der Waals surface area contributed by atoms with Crippen LogP contribution in [0.3, 0.4) is 0 Å². The number of nitrogens with zero attached hydrogens (tertiary/aromatic N) is 1. The number of hydrogen-bond acceptors (Lipinski definition) is 6. The molecule has 28 heavy (non-hydrogen) atoms. The summed E-state index contributed by atoms with van der Waals surface area (Å²) >= 11 is 5.89. The molecular weight excluding hydrogens is 408 g/mol. The number of nitrogens with one attached hydrogen (secondary N) is 1. The highest BCUT2D eigenvalue weighted by molar-refractivity contribution is 7.89. The summed E-state index contributed by atoms with van der Waals surface area (Å²) in [6, 6.07) is 8.25. The molecule has 0 atom stereocenters. The first kappa shape index (κ1) is 20.4. The quantitative estimate of drug-likeness (QED) is 0.711. The van der Waals surface area contributed by atoms with E-state index in [1.807, 2.05) is 0 Å². The van der Waals surface area contributed by atoms with E-state index in [0.29, 0.717) is 18.2 Å². The molecule has 3 rings (SSSR count). The molecule has 1 fully saturated rings. The number of methoxy groups -OCH3 is 1. The Kier molecular flexibility index (Phi) is 6.09. The number of morpholine rings is 1. The third-order valence-corrected chi connectivity index (χ3v) is 6.36. The highest BCUT2D eigenvalue weighted by Crippen LogP contribution is 2.29. The Morgan fingerprint density at radius 1 is 1.21 bits per heavy atom. The van der Waals surface area contributed by atoms with E-state index < -0.39 is 15.9 Å². The predicted octanol–water partition coefficient (Wildman–Crippen LogP) is 2.33. The maximum Gasteiger partial charge on any atom is 0.259 e. The fourth-order valence-corrected chi connectivity index (χ4v) is 4.37. The molecule has 1 aliphatic rings. The van der Waals surface area contributed by atoms with E-state index in [0.717, 1.165) is 0 Å². The van der Waals surface area contributed by atoms with Crippen molar-refractivity contribution in [1.29, 1.82) is 0 Å². The molecule has 1 saturated heterocycles. The Bertz CT molecular complexity index is 990. The van der Waals surface area contributed by atoms with Gasteiger partial charge in [-0.05, 0) is 36.4 Å². The summed E-state index contributed by atoms with van der Waals surface area (Å²) in [6.07, 6.45) is 0. The topological polar surface area (TPSA) is 105 Å². The summed E-state index contributed by atoms with van der Waals surface area (Å²) in [5, 5.41) is 12.7. The van der Waals surface area contributed by atoms with Crippen molar-refractivity contribution in [3.8, 4) is 11.5 Å². The molecule has 1 aliphatic heterocycles. The first-order chi connectivity index (χ1) is 13.3. The van der Waals surface area contributed by atoms with Crippen LogP contribution in [-0.2, 0) is 14.8 Å². The monoisotopic (exact) mass is 426 g/mol. The zero-order valence-electron chi connectivity index (χ0n) is 15.0. The third-order valence-electron chi connectivity index (χ3n) is 4.23. The molecule has 10 heteroatoms. The van der Waals surface area contributed by atoms with Crippen molar-refractivity contribution in [2.75, 3.05) is 38.7 Å². The summed E-state index contributed by atoms with van der Waals surface area (Å²) in [4.78, 5) is 12.7. The van der Waals surface area contributed by atoms with Gasteiger partial charge in [0.05, 0.1) is 36.5 Å². The summed E-state index contributed by atoms with van der Waals surface area (Å²) in [6.45, 7) is 1.12. The van der Waals surface area contributed by atoms with Gasteiger partial charge in [-0.15, -0.1) is 0 Å². The van der Waals surface area contributed by atoms with Gasteiger partial charge in [-0.1, -0.05) is 11.6 Å². The van der Waals surface area contributed by atoms with Crippen LogP contribution in [0.1, 0.15) is 10.4 Å². The van der Waals surface area contributed by atoms with Crippen molar-refractivity contribution >= 4 is 33.2 Å². The minimum atomic E-state index is -3.78. The van der Waals surface area contributed by atoms with Crippen LogP contribution in [0.15, 0.2) is 41.3 Å². The fourth-order valence-electron chi connectivity index (χ4n) is 2.76. The molecule has 0 bridgehead atoms. The van der Waals surface area contributed by atoms with E-state index in [-0.39, 0.29) is 40.7 Å². The number of carbonyl (C=O) groups is 1. The molecule has 0 spiro atoms.